The maximum absolute atomic E-state index is 5.28. The van der Waals surface area contributed by atoms with Gasteiger partial charge in [-0.1, -0.05) is 91.0 Å². The molecule has 0 spiro atoms. The zero-order valence-corrected chi connectivity index (χ0v) is 24.4. The number of aromatic nitrogens is 7. The highest BCUT2D eigenvalue weighted by Crippen LogP contribution is 2.45. The number of rotatable bonds is 3. The normalized spacial score (nSPS) is 11.9. The SMILES string of the molecule is c1ccc(-n2c3ccccc3c3c4c5ccccc5n(-c5ccccc5)c4c4nc(-c5ncc6ccccc6n5)nnc4c32)cc1. The summed E-state index contributed by atoms with van der Waals surface area (Å²) >= 11 is 0. The zero-order chi connectivity index (χ0) is 30.2. The van der Waals surface area contributed by atoms with E-state index >= 15 is 0 Å². The minimum absolute atomic E-state index is 0.381. The lowest BCUT2D eigenvalue weighted by molar-refractivity contribution is 1.00. The molecule has 0 amide bonds. The van der Waals surface area contributed by atoms with Gasteiger partial charge in [-0.15, -0.1) is 10.2 Å². The molecule has 0 aliphatic carbocycles. The van der Waals surface area contributed by atoms with Gasteiger partial charge in [-0.25, -0.2) is 15.0 Å². The lowest BCUT2D eigenvalue weighted by atomic mass is 10.0. The molecule has 6 aromatic carbocycles. The molecule has 46 heavy (non-hydrogen) atoms. The van der Waals surface area contributed by atoms with Gasteiger partial charge in [-0.3, -0.25) is 0 Å². The fourth-order valence-electron chi connectivity index (χ4n) is 6.95. The van der Waals surface area contributed by atoms with E-state index in [1.807, 2.05) is 42.6 Å². The van der Waals surface area contributed by atoms with Crippen molar-refractivity contribution in [1.29, 1.82) is 0 Å². The number of nitrogens with zero attached hydrogens (tertiary/aromatic N) is 7. The molecule has 0 saturated carbocycles. The summed E-state index contributed by atoms with van der Waals surface area (Å²) in [4.78, 5) is 14.8. The summed E-state index contributed by atoms with van der Waals surface area (Å²) in [5, 5.41) is 15.2. The van der Waals surface area contributed by atoms with Gasteiger partial charge in [0.05, 0.1) is 27.6 Å². The van der Waals surface area contributed by atoms with Crippen molar-refractivity contribution in [3.05, 3.63) is 140 Å². The van der Waals surface area contributed by atoms with Crippen LogP contribution in [0.1, 0.15) is 0 Å². The molecule has 0 aliphatic heterocycles. The van der Waals surface area contributed by atoms with Crippen LogP contribution in [0, 0.1) is 0 Å². The predicted octanol–water partition coefficient (Wildman–Crippen LogP) is 8.83. The van der Waals surface area contributed by atoms with Crippen molar-refractivity contribution in [2.45, 2.75) is 0 Å². The fourth-order valence-corrected chi connectivity index (χ4v) is 6.95. The number of fused-ring (bicyclic) bond motifs is 11. The molecule has 214 valence electrons. The molecule has 0 saturated heterocycles. The predicted molar refractivity (Wildman–Crippen MR) is 185 cm³/mol. The fraction of sp³-hybridized carbons (Fsp3) is 0. The van der Waals surface area contributed by atoms with Gasteiger partial charge in [0, 0.05) is 44.5 Å². The Labute approximate surface area is 262 Å². The molecular formula is C39H23N7. The van der Waals surface area contributed by atoms with Gasteiger partial charge < -0.3 is 9.13 Å². The number of para-hydroxylation sites is 5. The molecule has 4 aromatic heterocycles. The summed E-state index contributed by atoms with van der Waals surface area (Å²) in [6, 6.07) is 46.0. The van der Waals surface area contributed by atoms with E-state index in [4.69, 9.17) is 20.2 Å². The quantitative estimate of drug-likeness (QED) is 0.206. The third kappa shape index (κ3) is 3.45. The second-order valence-electron chi connectivity index (χ2n) is 11.4. The van der Waals surface area contributed by atoms with Gasteiger partial charge in [0.1, 0.15) is 11.0 Å². The molecule has 0 unspecified atom stereocenters. The maximum atomic E-state index is 5.28. The molecule has 7 nitrogen and oxygen atoms in total. The van der Waals surface area contributed by atoms with Crippen molar-refractivity contribution in [3.8, 4) is 23.0 Å². The Kier molecular flexibility index (Phi) is 5.15. The molecular weight excluding hydrogens is 566 g/mol. The molecule has 0 atom stereocenters. The summed E-state index contributed by atoms with van der Waals surface area (Å²) in [5.41, 5.74) is 8.51. The van der Waals surface area contributed by atoms with Crippen LogP contribution >= 0.6 is 0 Å². The minimum atomic E-state index is 0.381. The van der Waals surface area contributed by atoms with Gasteiger partial charge in [-0.05, 0) is 42.5 Å². The first-order valence-electron chi connectivity index (χ1n) is 15.2. The van der Waals surface area contributed by atoms with E-state index < -0.39 is 0 Å². The van der Waals surface area contributed by atoms with Crippen molar-refractivity contribution in [1.82, 2.24) is 34.3 Å². The number of hydrogen-bond acceptors (Lipinski definition) is 5. The Morgan fingerprint density at radius 2 is 0.978 bits per heavy atom. The average Bonchev–Trinajstić information content (AvgIpc) is 3.66. The molecule has 10 aromatic rings. The Balaban J connectivity index is 1.46. The van der Waals surface area contributed by atoms with Crippen LogP contribution in [0.2, 0.25) is 0 Å². The summed E-state index contributed by atoms with van der Waals surface area (Å²) in [7, 11) is 0. The van der Waals surface area contributed by atoms with Crippen LogP contribution in [0.3, 0.4) is 0 Å². The first-order valence-corrected chi connectivity index (χ1v) is 15.2. The molecule has 0 bridgehead atoms. The Hall–Kier alpha value is -6.47. The Morgan fingerprint density at radius 1 is 0.435 bits per heavy atom. The topological polar surface area (TPSA) is 74.3 Å². The maximum Gasteiger partial charge on any atom is 0.220 e. The average molecular weight is 590 g/mol. The van der Waals surface area contributed by atoms with Crippen molar-refractivity contribution in [2.24, 2.45) is 0 Å². The number of hydrogen-bond donors (Lipinski definition) is 0. The van der Waals surface area contributed by atoms with Crippen LogP contribution in [0.15, 0.2) is 140 Å². The monoisotopic (exact) mass is 589 g/mol. The van der Waals surface area contributed by atoms with E-state index in [1.165, 1.54) is 0 Å². The molecule has 7 heteroatoms. The van der Waals surface area contributed by atoms with Crippen LogP contribution in [0.25, 0.3) is 88.6 Å². The highest BCUT2D eigenvalue weighted by Gasteiger charge is 2.26. The molecule has 0 radical (unpaired) electrons. The second-order valence-corrected chi connectivity index (χ2v) is 11.4. The molecule has 0 N–H and O–H groups in total. The van der Waals surface area contributed by atoms with Gasteiger partial charge in [0.25, 0.3) is 0 Å². The lowest BCUT2D eigenvalue weighted by Gasteiger charge is -2.12. The number of benzene rings is 6. The van der Waals surface area contributed by atoms with E-state index in [2.05, 4.69) is 111 Å². The van der Waals surface area contributed by atoms with Crippen LogP contribution in [0.5, 0.6) is 0 Å². The third-order valence-electron chi connectivity index (χ3n) is 8.85. The molecule has 4 heterocycles. The van der Waals surface area contributed by atoms with Gasteiger partial charge in [-0.2, -0.15) is 0 Å². The second kappa shape index (κ2) is 9.51. The van der Waals surface area contributed by atoms with E-state index in [1.54, 1.807) is 0 Å². The molecule has 0 aliphatic rings. The van der Waals surface area contributed by atoms with E-state index in [9.17, 15) is 0 Å². The van der Waals surface area contributed by atoms with Crippen molar-refractivity contribution < 1.29 is 0 Å². The van der Waals surface area contributed by atoms with Gasteiger partial charge in [0.15, 0.2) is 5.82 Å². The van der Waals surface area contributed by atoms with Crippen LogP contribution < -0.4 is 0 Å². The highest BCUT2D eigenvalue weighted by atomic mass is 15.2. The first-order chi connectivity index (χ1) is 22.8. The van der Waals surface area contributed by atoms with Crippen LogP contribution in [-0.2, 0) is 0 Å². The summed E-state index contributed by atoms with van der Waals surface area (Å²) in [6.45, 7) is 0. The largest absolute Gasteiger partial charge is 0.307 e. The minimum Gasteiger partial charge on any atom is -0.307 e. The zero-order valence-electron chi connectivity index (χ0n) is 24.4. The standard InChI is InChI=1S/C39H23N7/c1-3-14-25(15-4-1)45-30-21-11-8-18-27(30)32-33-28-19-9-12-22-31(28)46(26-16-5-2-6-17-26)37(33)35-34(36(32)45)42-39(44-43-35)38-40-23-24-13-7-10-20-29(24)41-38/h1-23H. The Bertz CT molecular complexity index is 2800. The van der Waals surface area contributed by atoms with Crippen LogP contribution in [-0.4, -0.2) is 34.3 Å². The van der Waals surface area contributed by atoms with Crippen molar-refractivity contribution >= 4 is 65.5 Å². The molecule has 0 fully saturated rings. The highest BCUT2D eigenvalue weighted by molar-refractivity contribution is 6.36. The van der Waals surface area contributed by atoms with Crippen molar-refractivity contribution in [2.75, 3.05) is 0 Å². The first kappa shape index (κ1) is 24.9. The van der Waals surface area contributed by atoms with Crippen LogP contribution in [0.4, 0.5) is 0 Å². The lowest BCUT2D eigenvalue weighted by Crippen LogP contribution is -2.03. The van der Waals surface area contributed by atoms with Gasteiger partial charge >= 0.3 is 0 Å². The summed E-state index contributed by atoms with van der Waals surface area (Å²) in [5.74, 6) is 0.818. The van der Waals surface area contributed by atoms with Crippen molar-refractivity contribution in [3.63, 3.8) is 0 Å². The summed E-state index contributed by atoms with van der Waals surface area (Å²) in [6.07, 6.45) is 1.82. The van der Waals surface area contributed by atoms with E-state index in [-0.39, 0.29) is 0 Å². The summed E-state index contributed by atoms with van der Waals surface area (Å²) < 4.78 is 4.60. The third-order valence-corrected chi connectivity index (χ3v) is 8.85. The Morgan fingerprint density at radius 3 is 1.63 bits per heavy atom. The van der Waals surface area contributed by atoms with E-state index in [0.717, 1.165) is 71.4 Å². The smallest absolute Gasteiger partial charge is 0.220 e. The van der Waals surface area contributed by atoms with Gasteiger partial charge in [0.2, 0.25) is 5.82 Å². The van der Waals surface area contributed by atoms with E-state index in [0.29, 0.717) is 17.2 Å². The molecule has 10 rings (SSSR count).